The van der Waals surface area contributed by atoms with Gasteiger partial charge >= 0.3 is 0 Å². The molecule has 2 amide bonds. The highest BCUT2D eigenvalue weighted by Gasteiger charge is 2.33. The Kier molecular flexibility index (Phi) is 11.0. The third kappa shape index (κ3) is 8.18. The summed E-state index contributed by atoms with van der Waals surface area (Å²) in [5, 5.41) is 3.35. The Morgan fingerprint density at radius 2 is 1.39 bits per heavy atom. The van der Waals surface area contributed by atoms with Gasteiger partial charge in [0, 0.05) is 17.6 Å². The van der Waals surface area contributed by atoms with Crippen molar-refractivity contribution in [2.75, 3.05) is 10.8 Å². The fraction of sp³-hybridized carbons (Fsp3) is 0.235. The zero-order valence-electron chi connectivity index (χ0n) is 24.9. The van der Waals surface area contributed by atoms with E-state index in [1.54, 1.807) is 73.7 Å². The number of para-hydroxylation sites is 1. The predicted octanol–water partition coefficient (Wildman–Crippen LogP) is 6.66. The lowest BCUT2D eigenvalue weighted by atomic mass is 10.1. The molecule has 0 bridgehead atoms. The number of carbonyl (C=O) groups excluding carboxylic acids is 2. The van der Waals surface area contributed by atoms with E-state index in [1.807, 2.05) is 44.2 Å². The Labute approximate surface area is 264 Å². The molecule has 0 heterocycles. The molecule has 44 heavy (non-hydrogen) atoms. The summed E-state index contributed by atoms with van der Waals surface area (Å²) in [4.78, 5) is 28.7. The first-order chi connectivity index (χ1) is 21.1. The van der Waals surface area contributed by atoms with Crippen molar-refractivity contribution in [1.82, 2.24) is 10.2 Å². The van der Waals surface area contributed by atoms with Gasteiger partial charge in [0.2, 0.25) is 11.8 Å². The van der Waals surface area contributed by atoms with Crippen molar-refractivity contribution < 1.29 is 22.7 Å². The zero-order chi connectivity index (χ0) is 31.7. The van der Waals surface area contributed by atoms with Crippen LogP contribution in [0.5, 0.6) is 11.5 Å². The van der Waals surface area contributed by atoms with Crippen molar-refractivity contribution in [3.05, 3.63) is 120 Å². The molecule has 0 aromatic heterocycles. The van der Waals surface area contributed by atoms with Crippen LogP contribution in [0.4, 0.5) is 5.69 Å². The third-order valence-electron chi connectivity index (χ3n) is 7.18. The Morgan fingerprint density at radius 3 is 2.00 bits per heavy atom. The molecule has 0 radical (unpaired) electrons. The standard InChI is InChI=1S/C34H36ClN3O5S/c1-4-25(2)36-34(40)26(3)37(23-27-13-11-12-18-32(27)35)33(39)24-38(44(41,42)31-16-9-6-10-17-31)28-19-21-30(22-20-28)43-29-14-7-5-8-15-29/h5-22,25-26H,4,23-24H2,1-3H3,(H,36,40)/t25-,26-/m1/s1. The van der Waals surface area contributed by atoms with Gasteiger partial charge in [0.25, 0.3) is 10.0 Å². The number of hydrogen-bond acceptors (Lipinski definition) is 5. The zero-order valence-corrected chi connectivity index (χ0v) is 26.5. The molecule has 0 spiro atoms. The van der Waals surface area contributed by atoms with Crippen LogP contribution < -0.4 is 14.4 Å². The number of nitrogens with zero attached hydrogens (tertiary/aromatic N) is 2. The summed E-state index contributed by atoms with van der Waals surface area (Å²) in [6, 6.07) is 29.6. The van der Waals surface area contributed by atoms with E-state index in [4.69, 9.17) is 16.3 Å². The van der Waals surface area contributed by atoms with Crippen LogP contribution in [-0.2, 0) is 26.2 Å². The third-order valence-corrected chi connectivity index (χ3v) is 9.34. The van der Waals surface area contributed by atoms with E-state index in [2.05, 4.69) is 5.32 Å². The first-order valence-corrected chi connectivity index (χ1v) is 16.2. The highest BCUT2D eigenvalue weighted by Crippen LogP contribution is 2.29. The molecule has 4 aromatic carbocycles. The molecule has 2 atom stereocenters. The summed E-state index contributed by atoms with van der Waals surface area (Å²) < 4.78 is 34.9. The average Bonchev–Trinajstić information content (AvgIpc) is 3.04. The number of ether oxygens (including phenoxy) is 1. The highest BCUT2D eigenvalue weighted by molar-refractivity contribution is 7.92. The predicted molar refractivity (Wildman–Crippen MR) is 173 cm³/mol. The van der Waals surface area contributed by atoms with Gasteiger partial charge in [0.15, 0.2) is 0 Å². The Balaban J connectivity index is 1.70. The minimum Gasteiger partial charge on any atom is -0.457 e. The van der Waals surface area contributed by atoms with E-state index in [0.29, 0.717) is 28.5 Å². The molecular formula is C34H36ClN3O5S. The summed E-state index contributed by atoms with van der Waals surface area (Å²) in [6.07, 6.45) is 0.712. The summed E-state index contributed by atoms with van der Waals surface area (Å²) in [5.41, 5.74) is 0.891. The monoisotopic (exact) mass is 633 g/mol. The topological polar surface area (TPSA) is 96.0 Å². The largest absolute Gasteiger partial charge is 0.457 e. The second-order valence-corrected chi connectivity index (χ2v) is 12.6. The van der Waals surface area contributed by atoms with Gasteiger partial charge in [0.1, 0.15) is 24.1 Å². The minimum absolute atomic E-state index is 0.0106. The van der Waals surface area contributed by atoms with Crippen LogP contribution in [0.1, 0.15) is 32.8 Å². The van der Waals surface area contributed by atoms with E-state index < -0.39 is 28.5 Å². The number of halogens is 1. The molecule has 0 aliphatic heterocycles. The molecule has 0 aliphatic carbocycles. The van der Waals surface area contributed by atoms with Crippen LogP contribution in [0.15, 0.2) is 114 Å². The maximum atomic E-state index is 14.1. The van der Waals surface area contributed by atoms with E-state index in [0.717, 1.165) is 4.31 Å². The smallest absolute Gasteiger partial charge is 0.264 e. The van der Waals surface area contributed by atoms with Gasteiger partial charge in [0.05, 0.1) is 10.6 Å². The number of sulfonamides is 1. The van der Waals surface area contributed by atoms with Gasteiger partial charge in [-0.1, -0.05) is 73.1 Å². The van der Waals surface area contributed by atoms with Crippen LogP contribution in [0.3, 0.4) is 0 Å². The van der Waals surface area contributed by atoms with E-state index >= 15 is 0 Å². The van der Waals surface area contributed by atoms with E-state index in [-0.39, 0.29) is 29.1 Å². The molecule has 0 saturated heterocycles. The van der Waals surface area contributed by atoms with Gasteiger partial charge in [-0.05, 0) is 80.4 Å². The van der Waals surface area contributed by atoms with Crippen LogP contribution >= 0.6 is 11.6 Å². The molecular weight excluding hydrogens is 598 g/mol. The maximum absolute atomic E-state index is 14.1. The summed E-state index contributed by atoms with van der Waals surface area (Å²) in [5.74, 6) is 0.212. The number of carbonyl (C=O) groups is 2. The number of amides is 2. The van der Waals surface area contributed by atoms with E-state index in [9.17, 15) is 18.0 Å². The van der Waals surface area contributed by atoms with Gasteiger partial charge in [-0.3, -0.25) is 13.9 Å². The molecule has 4 aromatic rings. The fourth-order valence-corrected chi connectivity index (χ4v) is 6.04. The second kappa shape index (κ2) is 14.9. The first-order valence-electron chi connectivity index (χ1n) is 14.3. The molecule has 10 heteroatoms. The van der Waals surface area contributed by atoms with E-state index in [1.165, 1.54) is 17.0 Å². The number of nitrogens with one attached hydrogen (secondary N) is 1. The second-order valence-electron chi connectivity index (χ2n) is 10.3. The fourth-order valence-electron chi connectivity index (χ4n) is 4.41. The number of anilines is 1. The van der Waals surface area contributed by atoms with Gasteiger partial charge in [-0.25, -0.2) is 8.42 Å². The van der Waals surface area contributed by atoms with Gasteiger partial charge < -0.3 is 15.0 Å². The van der Waals surface area contributed by atoms with Gasteiger partial charge in [-0.2, -0.15) is 0 Å². The minimum atomic E-state index is -4.19. The molecule has 0 saturated carbocycles. The number of rotatable bonds is 13. The van der Waals surface area contributed by atoms with Crippen molar-refractivity contribution in [2.45, 2.75) is 50.7 Å². The first kappa shape index (κ1) is 32.6. The quantitative estimate of drug-likeness (QED) is 0.178. The maximum Gasteiger partial charge on any atom is 0.264 e. The van der Waals surface area contributed by atoms with Crippen molar-refractivity contribution in [3.8, 4) is 11.5 Å². The lowest BCUT2D eigenvalue weighted by molar-refractivity contribution is -0.139. The molecule has 0 aliphatic rings. The highest BCUT2D eigenvalue weighted by atomic mass is 35.5. The average molecular weight is 634 g/mol. The lowest BCUT2D eigenvalue weighted by Crippen LogP contribution is -2.52. The number of hydrogen-bond donors (Lipinski definition) is 1. The van der Waals surface area contributed by atoms with Crippen molar-refractivity contribution in [2.24, 2.45) is 0 Å². The Bertz CT molecular complexity index is 1650. The molecule has 8 nitrogen and oxygen atoms in total. The Morgan fingerprint density at radius 1 is 0.818 bits per heavy atom. The molecule has 0 unspecified atom stereocenters. The summed E-state index contributed by atoms with van der Waals surface area (Å²) in [7, 11) is -4.19. The summed E-state index contributed by atoms with van der Waals surface area (Å²) in [6.45, 7) is 4.91. The SMILES string of the molecule is CC[C@@H](C)NC(=O)[C@@H](C)N(Cc1ccccc1Cl)C(=O)CN(c1ccc(Oc2ccccc2)cc1)S(=O)(=O)c1ccccc1. The van der Waals surface area contributed by atoms with Crippen LogP contribution in [-0.4, -0.2) is 43.8 Å². The van der Waals surface area contributed by atoms with Crippen LogP contribution in [0, 0.1) is 0 Å². The lowest BCUT2D eigenvalue weighted by Gasteiger charge is -2.32. The van der Waals surface area contributed by atoms with Crippen molar-refractivity contribution >= 4 is 39.1 Å². The molecule has 4 rings (SSSR count). The van der Waals surface area contributed by atoms with Crippen LogP contribution in [0.25, 0.3) is 0 Å². The molecule has 230 valence electrons. The van der Waals surface area contributed by atoms with Crippen LogP contribution in [0.2, 0.25) is 5.02 Å². The number of benzene rings is 4. The molecule has 1 N–H and O–H groups in total. The van der Waals surface area contributed by atoms with Gasteiger partial charge in [-0.15, -0.1) is 0 Å². The summed E-state index contributed by atoms with van der Waals surface area (Å²) >= 11 is 6.43. The Hall–Kier alpha value is -4.34. The van der Waals surface area contributed by atoms with Crippen molar-refractivity contribution in [1.29, 1.82) is 0 Å². The van der Waals surface area contributed by atoms with Crippen molar-refractivity contribution in [3.63, 3.8) is 0 Å². The molecule has 0 fully saturated rings. The normalized spacial score (nSPS) is 12.5.